The molecule has 0 spiro atoms. The SMILES string of the molecule is CCN(CC)c1ncc(CNCCCS(C)(=O)=O)s1. The molecule has 1 heterocycles. The van der Waals surface area contributed by atoms with E-state index >= 15 is 0 Å². The average molecular weight is 305 g/mol. The molecule has 1 aromatic heterocycles. The molecule has 7 heteroatoms. The van der Waals surface area contributed by atoms with E-state index in [9.17, 15) is 8.42 Å². The zero-order chi connectivity index (χ0) is 14.3. The van der Waals surface area contributed by atoms with Crippen LogP contribution in [0.1, 0.15) is 25.1 Å². The van der Waals surface area contributed by atoms with Gasteiger partial charge in [-0.3, -0.25) is 0 Å². The number of rotatable bonds is 9. The quantitative estimate of drug-likeness (QED) is 0.701. The third kappa shape index (κ3) is 6.35. The van der Waals surface area contributed by atoms with E-state index in [0.29, 0.717) is 13.0 Å². The molecular weight excluding hydrogens is 282 g/mol. The Labute approximate surface area is 120 Å². The second kappa shape index (κ2) is 7.81. The molecule has 0 bridgehead atoms. The van der Waals surface area contributed by atoms with E-state index in [1.54, 1.807) is 11.3 Å². The molecule has 1 N–H and O–H groups in total. The maximum absolute atomic E-state index is 11.0. The first kappa shape index (κ1) is 16.4. The highest BCUT2D eigenvalue weighted by Crippen LogP contribution is 2.21. The Bertz CT molecular complexity index is 467. The van der Waals surface area contributed by atoms with Crippen molar-refractivity contribution in [1.82, 2.24) is 10.3 Å². The van der Waals surface area contributed by atoms with E-state index in [-0.39, 0.29) is 5.75 Å². The van der Waals surface area contributed by atoms with E-state index in [0.717, 1.165) is 24.8 Å². The van der Waals surface area contributed by atoms with Gasteiger partial charge in [-0.1, -0.05) is 0 Å². The fraction of sp³-hybridized carbons (Fsp3) is 0.750. The second-order valence-corrected chi connectivity index (χ2v) is 7.80. The van der Waals surface area contributed by atoms with Crippen LogP contribution in [0.15, 0.2) is 6.20 Å². The number of sulfone groups is 1. The molecule has 0 unspecified atom stereocenters. The molecule has 0 radical (unpaired) electrons. The van der Waals surface area contributed by atoms with Crippen molar-refractivity contribution in [3.63, 3.8) is 0 Å². The minimum atomic E-state index is -2.84. The lowest BCUT2D eigenvalue weighted by atomic mass is 10.4. The van der Waals surface area contributed by atoms with Crippen LogP contribution < -0.4 is 10.2 Å². The van der Waals surface area contributed by atoms with Crippen LogP contribution in [0.4, 0.5) is 5.13 Å². The molecule has 19 heavy (non-hydrogen) atoms. The van der Waals surface area contributed by atoms with Crippen molar-refractivity contribution in [3.05, 3.63) is 11.1 Å². The normalized spacial score (nSPS) is 11.7. The molecular formula is C12H23N3O2S2. The maximum atomic E-state index is 11.0. The van der Waals surface area contributed by atoms with Crippen molar-refractivity contribution in [1.29, 1.82) is 0 Å². The van der Waals surface area contributed by atoms with Crippen LogP contribution in [0, 0.1) is 0 Å². The van der Waals surface area contributed by atoms with Gasteiger partial charge in [0.2, 0.25) is 0 Å². The predicted octanol–water partition coefficient (Wildman–Crippen LogP) is 1.51. The van der Waals surface area contributed by atoms with E-state index in [1.165, 1.54) is 11.1 Å². The molecule has 0 fully saturated rings. The van der Waals surface area contributed by atoms with Crippen molar-refractivity contribution in [2.45, 2.75) is 26.8 Å². The topological polar surface area (TPSA) is 62.3 Å². The van der Waals surface area contributed by atoms with Gasteiger partial charge in [-0.15, -0.1) is 11.3 Å². The minimum absolute atomic E-state index is 0.243. The zero-order valence-electron chi connectivity index (χ0n) is 11.8. The van der Waals surface area contributed by atoms with E-state index in [4.69, 9.17) is 0 Å². The highest BCUT2D eigenvalue weighted by atomic mass is 32.2. The molecule has 0 amide bonds. The Balaban J connectivity index is 2.31. The molecule has 110 valence electrons. The Morgan fingerprint density at radius 1 is 1.37 bits per heavy atom. The summed E-state index contributed by atoms with van der Waals surface area (Å²) < 4.78 is 21.9. The predicted molar refractivity (Wildman–Crippen MR) is 81.7 cm³/mol. The van der Waals surface area contributed by atoms with Crippen molar-refractivity contribution >= 4 is 26.3 Å². The van der Waals surface area contributed by atoms with Gasteiger partial charge in [0.15, 0.2) is 5.13 Å². The maximum Gasteiger partial charge on any atom is 0.185 e. The highest BCUT2D eigenvalue weighted by molar-refractivity contribution is 7.90. The first-order valence-electron chi connectivity index (χ1n) is 6.54. The van der Waals surface area contributed by atoms with Crippen LogP contribution in [0.25, 0.3) is 0 Å². The molecule has 0 atom stereocenters. The van der Waals surface area contributed by atoms with Crippen molar-refractivity contribution in [3.8, 4) is 0 Å². The van der Waals surface area contributed by atoms with Gasteiger partial charge < -0.3 is 10.2 Å². The second-order valence-electron chi connectivity index (χ2n) is 4.44. The van der Waals surface area contributed by atoms with E-state index < -0.39 is 9.84 Å². The Morgan fingerprint density at radius 3 is 2.63 bits per heavy atom. The van der Waals surface area contributed by atoms with Gasteiger partial charge >= 0.3 is 0 Å². The van der Waals surface area contributed by atoms with Crippen LogP contribution >= 0.6 is 11.3 Å². The fourth-order valence-corrected chi connectivity index (χ4v) is 3.37. The summed E-state index contributed by atoms with van der Waals surface area (Å²) in [6.07, 6.45) is 3.81. The Morgan fingerprint density at radius 2 is 2.05 bits per heavy atom. The number of thiazole rings is 1. The van der Waals surface area contributed by atoms with Gasteiger partial charge in [0.1, 0.15) is 9.84 Å². The van der Waals surface area contributed by atoms with Crippen LogP contribution in [-0.4, -0.2) is 45.0 Å². The van der Waals surface area contributed by atoms with Crippen molar-refractivity contribution in [2.24, 2.45) is 0 Å². The number of anilines is 1. The lowest BCUT2D eigenvalue weighted by Gasteiger charge is -2.16. The van der Waals surface area contributed by atoms with Crippen LogP contribution in [0.5, 0.6) is 0 Å². The van der Waals surface area contributed by atoms with Crippen LogP contribution in [0.2, 0.25) is 0 Å². The molecule has 1 aromatic rings. The molecule has 0 saturated carbocycles. The summed E-state index contributed by atoms with van der Waals surface area (Å²) in [5.74, 6) is 0.243. The number of aromatic nitrogens is 1. The van der Waals surface area contributed by atoms with Crippen molar-refractivity contribution in [2.75, 3.05) is 36.5 Å². The highest BCUT2D eigenvalue weighted by Gasteiger charge is 2.07. The zero-order valence-corrected chi connectivity index (χ0v) is 13.5. The third-order valence-electron chi connectivity index (χ3n) is 2.74. The Kier molecular flexibility index (Phi) is 6.74. The molecule has 0 aliphatic carbocycles. The van der Waals surface area contributed by atoms with Gasteiger partial charge in [0.25, 0.3) is 0 Å². The lowest BCUT2D eigenvalue weighted by Crippen LogP contribution is -2.21. The molecule has 1 rings (SSSR count). The van der Waals surface area contributed by atoms with Crippen molar-refractivity contribution < 1.29 is 8.42 Å². The van der Waals surface area contributed by atoms with E-state index in [1.807, 2.05) is 6.20 Å². The molecule has 0 aliphatic heterocycles. The van der Waals surface area contributed by atoms with Gasteiger partial charge in [0, 0.05) is 37.0 Å². The fourth-order valence-electron chi connectivity index (χ4n) is 1.69. The number of hydrogen-bond acceptors (Lipinski definition) is 6. The lowest BCUT2D eigenvalue weighted by molar-refractivity contribution is 0.594. The average Bonchev–Trinajstić information content (AvgIpc) is 2.77. The molecule has 0 saturated heterocycles. The first-order valence-corrected chi connectivity index (χ1v) is 9.42. The monoisotopic (exact) mass is 305 g/mol. The van der Waals surface area contributed by atoms with E-state index in [2.05, 4.69) is 29.0 Å². The van der Waals surface area contributed by atoms with Gasteiger partial charge in [-0.2, -0.15) is 0 Å². The summed E-state index contributed by atoms with van der Waals surface area (Å²) in [7, 11) is -2.84. The smallest absolute Gasteiger partial charge is 0.185 e. The summed E-state index contributed by atoms with van der Waals surface area (Å²) in [5.41, 5.74) is 0. The van der Waals surface area contributed by atoms with Gasteiger partial charge in [-0.25, -0.2) is 13.4 Å². The summed E-state index contributed by atoms with van der Waals surface area (Å²) in [4.78, 5) is 7.81. The standard InChI is InChI=1S/C12H23N3O2S2/c1-4-15(5-2)12-14-10-11(18-12)9-13-7-6-8-19(3,16)17/h10,13H,4-9H2,1-3H3. The van der Waals surface area contributed by atoms with Crippen LogP contribution in [0.3, 0.4) is 0 Å². The third-order valence-corrected chi connectivity index (χ3v) is 4.83. The summed E-state index contributed by atoms with van der Waals surface area (Å²) in [6.45, 7) is 7.63. The first-order chi connectivity index (χ1) is 8.96. The molecule has 0 aliphatic rings. The van der Waals surface area contributed by atoms with Crippen LogP contribution in [-0.2, 0) is 16.4 Å². The number of nitrogens with zero attached hydrogens (tertiary/aromatic N) is 2. The summed E-state index contributed by atoms with van der Waals surface area (Å²) in [5, 5.41) is 4.30. The number of hydrogen-bond donors (Lipinski definition) is 1. The van der Waals surface area contributed by atoms with Gasteiger partial charge in [0.05, 0.1) is 5.75 Å². The summed E-state index contributed by atoms with van der Waals surface area (Å²) in [6, 6.07) is 0. The molecule has 0 aromatic carbocycles. The number of nitrogens with one attached hydrogen (secondary N) is 1. The summed E-state index contributed by atoms with van der Waals surface area (Å²) >= 11 is 1.69. The van der Waals surface area contributed by atoms with Gasteiger partial charge in [-0.05, 0) is 26.8 Å². The minimum Gasteiger partial charge on any atom is -0.349 e. The molecule has 5 nitrogen and oxygen atoms in total. The Hall–Kier alpha value is -0.660. The largest absolute Gasteiger partial charge is 0.349 e.